The van der Waals surface area contributed by atoms with Crippen LogP contribution in [-0.2, 0) is 30.8 Å². The Morgan fingerprint density at radius 1 is 0.956 bits per heavy atom. The van der Waals surface area contributed by atoms with Gasteiger partial charge in [0.05, 0.1) is 17.0 Å². The number of nitrogens with two attached hydrogens (primary N) is 2. The molecule has 45 heavy (non-hydrogen) atoms. The van der Waals surface area contributed by atoms with Gasteiger partial charge in [0.25, 0.3) is 5.91 Å². The highest BCUT2D eigenvalue weighted by molar-refractivity contribution is 7.93. The van der Waals surface area contributed by atoms with Gasteiger partial charge in [-0.2, -0.15) is 0 Å². The number of fused-ring (bicyclic) bond motifs is 2. The number of rotatable bonds is 9. The average molecular weight is 650 g/mol. The summed E-state index contributed by atoms with van der Waals surface area (Å²) >= 11 is 0. The lowest BCUT2D eigenvalue weighted by Gasteiger charge is -2.28. The molecule has 0 fully saturated rings. The Morgan fingerprint density at radius 3 is 2.31 bits per heavy atom. The third-order valence-electron chi connectivity index (χ3n) is 7.16. The average Bonchev–Trinajstić information content (AvgIpc) is 3.02. The first kappa shape index (κ1) is 34.6. The van der Waals surface area contributed by atoms with E-state index in [0.29, 0.717) is 27.3 Å². The van der Waals surface area contributed by atoms with E-state index in [9.17, 15) is 18.0 Å². The van der Waals surface area contributed by atoms with Gasteiger partial charge >= 0.3 is 5.97 Å². The first-order valence-electron chi connectivity index (χ1n) is 13.4. The molecule has 4 aromatic carbocycles. The molecule has 234 valence electrons. The molecule has 1 atom stereocenters. The Hall–Kier alpha value is -4.88. The maximum absolute atomic E-state index is 14.2. The molecule has 0 aliphatic heterocycles. The van der Waals surface area contributed by atoms with Crippen LogP contribution in [-0.4, -0.2) is 43.2 Å². The van der Waals surface area contributed by atoms with Gasteiger partial charge in [-0.25, -0.2) is 13.2 Å². The predicted octanol–water partition coefficient (Wildman–Crippen LogP) is 3.35. The molecule has 0 saturated carbocycles. The summed E-state index contributed by atoms with van der Waals surface area (Å²) in [5, 5.41) is 12.0. The summed E-state index contributed by atoms with van der Waals surface area (Å²) in [6.07, 6.45) is 1.47. The molecule has 13 heteroatoms. The highest BCUT2D eigenvalue weighted by Gasteiger charge is 2.52. The summed E-state index contributed by atoms with van der Waals surface area (Å²) in [4.78, 5) is 28.0. The van der Waals surface area contributed by atoms with Crippen LogP contribution in [0.5, 0.6) is 0 Å². The normalized spacial score (nSPS) is 12.3. The summed E-state index contributed by atoms with van der Waals surface area (Å²) in [5.41, 5.74) is 14.0. The van der Waals surface area contributed by atoms with Crippen LogP contribution >= 0.6 is 12.4 Å². The molecular formula is C32H32ClN5O6S. The Labute approximate surface area is 265 Å². The minimum absolute atomic E-state index is 0. The van der Waals surface area contributed by atoms with Crippen molar-refractivity contribution >= 4 is 61.6 Å². The number of amides is 1. The van der Waals surface area contributed by atoms with Gasteiger partial charge in [0.15, 0.2) is 0 Å². The second-order valence-electron chi connectivity index (χ2n) is 9.83. The molecule has 0 bridgehead atoms. The molecule has 8 N–H and O–H groups in total. The summed E-state index contributed by atoms with van der Waals surface area (Å²) in [6, 6.07) is 24.5. The number of halogens is 1. The Bertz CT molecular complexity index is 2000. The van der Waals surface area contributed by atoms with E-state index >= 15 is 0 Å². The van der Waals surface area contributed by atoms with Gasteiger partial charge in [-0.1, -0.05) is 66.7 Å². The fraction of sp³-hybridized carbons (Fsp3) is 0.125. The van der Waals surface area contributed by atoms with E-state index in [2.05, 4.69) is 10.3 Å². The number of para-hydroxylation sites is 1. The van der Waals surface area contributed by atoms with Crippen LogP contribution in [0.1, 0.15) is 34.0 Å². The summed E-state index contributed by atoms with van der Waals surface area (Å²) in [5.74, 6) is -1.53. The highest BCUT2D eigenvalue weighted by atomic mass is 35.5. The van der Waals surface area contributed by atoms with Crippen LogP contribution in [0.25, 0.3) is 21.7 Å². The predicted molar refractivity (Wildman–Crippen MR) is 175 cm³/mol. The standard InChI is InChI=1S/C32H29N5O5S.ClH.H2O/c1-2-42-31(39)32(35,43(40,41)27-10-4-6-21-8-5-17-36-28(21)27)24-15-16-25-23(18-24)7-3-9-26(25)30(38)37-19-20-11-13-22(14-12-20)29(33)34;;/h3-18H,2,19,35H2,1H3,(H3,33,34)(H,37,38);1H;1H2. The van der Waals surface area contributed by atoms with Crippen molar-refractivity contribution in [2.24, 2.45) is 11.5 Å². The molecule has 1 amide bonds. The van der Waals surface area contributed by atoms with Gasteiger partial charge in [-0.05, 0) is 53.1 Å². The highest BCUT2D eigenvalue weighted by Crippen LogP contribution is 2.37. The van der Waals surface area contributed by atoms with E-state index in [4.69, 9.17) is 21.6 Å². The number of ether oxygens (including phenoxy) is 1. The smallest absolute Gasteiger partial charge is 0.347 e. The van der Waals surface area contributed by atoms with Crippen LogP contribution in [0.3, 0.4) is 0 Å². The lowest BCUT2D eigenvalue weighted by Crippen LogP contribution is -2.52. The number of nitrogens with one attached hydrogen (secondary N) is 2. The van der Waals surface area contributed by atoms with Gasteiger partial charge in [0.2, 0.25) is 14.7 Å². The van der Waals surface area contributed by atoms with E-state index in [1.165, 1.54) is 24.4 Å². The van der Waals surface area contributed by atoms with E-state index in [-0.39, 0.29) is 58.8 Å². The third-order valence-corrected chi connectivity index (χ3v) is 9.32. The number of hydrogen-bond acceptors (Lipinski definition) is 8. The van der Waals surface area contributed by atoms with Crippen molar-refractivity contribution in [3.63, 3.8) is 0 Å². The van der Waals surface area contributed by atoms with Gasteiger partial charge in [0.1, 0.15) is 5.84 Å². The van der Waals surface area contributed by atoms with Gasteiger partial charge < -0.3 is 21.3 Å². The zero-order valence-corrected chi connectivity index (χ0v) is 25.7. The quantitative estimate of drug-likeness (QED) is 0.105. The van der Waals surface area contributed by atoms with Crippen LogP contribution in [0.15, 0.2) is 102 Å². The van der Waals surface area contributed by atoms with Crippen LogP contribution in [0.4, 0.5) is 0 Å². The number of carbonyl (C=O) groups excluding carboxylic acids is 2. The third kappa shape index (κ3) is 6.35. The molecule has 0 aliphatic rings. The largest absolute Gasteiger partial charge is 0.464 e. The lowest BCUT2D eigenvalue weighted by molar-refractivity contribution is -0.146. The van der Waals surface area contributed by atoms with Crippen molar-refractivity contribution in [3.05, 3.63) is 119 Å². The number of amidine groups is 1. The van der Waals surface area contributed by atoms with Crippen molar-refractivity contribution in [3.8, 4) is 0 Å². The van der Waals surface area contributed by atoms with E-state index < -0.39 is 20.7 Å². The first-order chi connectivity index (χ1) is 20.6. The van der Waals surface area contributed by atoms with Crippen molar-refractivity contribution < 1.29 is 28.2 Å². The van der Waals surface area contributed by atoms with Crippen molar-refractivity contribution in [2.75, 3.05) is 6.61 Å². The maximum atomic E-state index is 14.2. The molecule has 5 rings (SSSR count). The fourth-order valence-corrected chi connectivity index (χ4v) is 6.63. The SMILES string of the molecule is CCOC(=O)C(N)(c1ccc2c(C(=O)NCc3ccc(C(=N)N)cc3)cccc2c1)S(=O)(=O)c1cccc2cccnc12.Cl.O. The number of carbonyl (C=O) groups is 2. The van der Waals surface area contributed by atoms with Crippen LogP contribution in [0.2, 0.25) is 0 Å². The molecule has 1 heterocycles. The van der Waals surface area contributed by atoms with Crippen molar-refractivity contribution in [1.82, 2.24) is 10.3 Å². The zero-order chi connectivity index (χ0) is 30.8. The Balaban J connectivity index is 0.00000276. The summed E-state index contributed by atoms with van der Waals surface area (Å²) < 4.78 is 33.7. The summed E-state index contributed by atoms with van der Waals surface area (Å²) in [7, 11) is -4.60. The van der Waals surface area contributed by atoms with Crippen molar-refractivity contribution in [1.29, 1.82) is 5.41 Å². The van der Waals surface area contributed by atoms with E-state index in [1.54, 1.807) is 79.7 Å². The molecule has 0 radical (unpaired) electrons. The Morgan fingerprint density at radius 2 is 1.62 bits per heavy atom. The molecule has 0 saturated heterocycles. The fourth-order valence-electron chi connectivity index (χ4n) is 4.88. The molecule has 11 nitrogen and oxygen atoms in total. The molecule has 1 unspecified atom stereocenters. The number of sulfone groups is 1. The second-order valence-corrected chi connectivity index (χ2v) is 11.9. The molecule has 0 aliphatic carbocycles. The second kappa shape index (κ2) is 13.8. The molecule has 5 aromatic rings. The number of nitrogen functional groups attached to an aromatic ring is 1. The van der Waals surface area contributed by atoms with E-state index in [0.717, 1.165) is 5.56 Å². The number of nitrogens with zero attached hydrogens (tertiary/aromatic N) is 1. The Kier molecular flexibility index (Phi) is 10.6. The zero-order valence-electron chi connectivity index (χ0n) is 24.1. The minimum atomic E-state index is -4.60. The lowest BCUT2D eigenvalue weighted by atomic mass is 9.98. The van der Waals surface area contributed by atoms with Crippen LogP contribution in [0, 0.1) is 5.41 Å². The molecule has 0 spiro atoms. The van der Waals surface area contributed by atoms with Gasteiger partial charge in [-0.15, -0.1) is 12.4 Å². The van der Waals surface area contributed by atoms with Gasteiger partial charge in [-0.3, -0.25) is 20.9 Å². The maximum Gasteiger partial charge on any atom is 0.347 e. The van der Waals surface area contributed by atoms with Crippen molar-refractivity contribution in [2.45, 2.75) is 23.2 Å². The molecular weight excluding hydrogens is 618 g/mol. The monoisotopic (exact) mass is 649 g/mol. The number of pyridine rings is 1. The minimum Gasteiger partial charge on any atom is -0.464 e. The van der Waals surface area contributed by atoms with Gasteiger partial charge in [0, 0.05) is 29.3 Å². The number of hydrogen-bond donors (Lipinski definition) is 4. The summed E-state index contributed by atoms with van der Waals surface area (Å²) in [6.45, 7) is 1.71. The topological polar surface area (TPSA) is 210 Å². The number of aromatic nitrogens is 1. The number of benzene rings is 4. The molecule has 1 aromatic heterocycles. The first-order valence-corrected chi connectivity index (χ1v) is 14.9. The van der Waals surface area contributed by atoms with Crippen LogP contribution < -0.4 is 16.8 Å². The van der Waals surface area contributed by atoms with E-state index in [1.807, 2.05) is 0 Å². The number of esters is 1.